The largest absolute Gasteiger partial charge is 0.393 e. The minimum atomic E-state index is -0.299. The van der Waals surface area contributed by atoms with Crippen molar-refractivity contribution >= 4 is 47.3 Å². The van der Waals surface area contributed by atoms with Gasteiger partial charge in [0.1, 0.15) is 0 Å². The lowest BCUT2D eigenvalue weighted by Crippen LogP contribution is -2.42. The van der Waals surface area contributed by atoms with Crippen LogP contribution >= 0.6 is 35.3 Å². The van der Waals surface area contributed by atoms with Crippen LogP contribution in [0.1, 0.15) is 49.1 Å². The average molecular weight is 458 g/mol. The number of thioether (sulfide) groups is 1. The van der Waals surface area contributed by atoms with Gasteiger partial charge in [-0.15, -0.1) is 23.1 Å². The summed E-state index contributed by atoms with van der Waals surface area (Å²) in [6, 6.07) is 8.99. The zero-order chi connectivity index (χ0) is 20.9. The molecule has 30 heavy (non-hydrogen) atoms. The molecule has 7 unspecified atom stereocenters. The highest BCUT2D eigenvalue weighted by atomic mass is 32.2. The molecular formula is C23H23NO3S3. The Labute approximate surface area is 188 Å². The zero-order valence-corrected chi connectivity index (χ0v) is 19.5. The molecule has 4 aliphatic rings. The van der Waals surface area contributed by atoms with Crippen molar-refractivity contribution in [3.8, 4) is 0 Å². The first-order chi connectivity index (χ1) is 14.2. The van der Waals surface area contributed by atoms with Crippen LogP contribution in [0.3, 0.4) is 0 Å². The molecule has 1 aromatic heterocycles. The van der Waals surface area contributed by atoms with Crippen LogP contribution in [0.5, 0.6) is 0 Å². The molecule has 4 nitrogen and oxygen atoms in total. The lowest BCUT2D eigenvalue weighted by Gasteiger charge is -2.42. The number of cyclic esters (lactones) is 2. The van der Waals surface area contributed by atoms with Gasteiger partial charge in [0.25, 0.3) is 0 Å². The molecule has 2 aliphatic carbocycles. The highest BCUT2D eigenvalue weighted by Gasteiger charge is 2.69. The van der Waals surface area contributed by atoms with E-state index in [-0.39, 0.29) is 46.9 Å². The molecule has 0 spiro atoms. The van der Waals surface area contributed by atoms with E-state index in [0.717, 1.165) is 15.4 Å². The van der Waals surface area contributed by atoms with Crippen molar-refractivity contribution in [3.63, 3.8) is 0 Å². The Balaban J connectivity index is 1.47. The third kappa shape index (κ3) is 2.55. The van der Waals surface area contributed by atoms with Gasteiger partial charge in [-0.2, -0.15) is 0 Å². The van der Waals surface area contributed by atoms with Crippen molar-refractivity contribution in [2.75, 3.05) is 0 Å². The smallest absolute Gasteiger partial charge is 0.317 e. The number of H-pyrrole nitrogens is 1. The van der Waals surface area contributed by atoms with Crippen LogP contribution in [0.4, 0.5) is 0 Å². The van der Waals surface area contributed by atoms with Crippen molar-refractivity contribution in [1.29, 1.82) is 0 Å². The fourth-order valence-corrected chi connectivity index (χ4v) is 9.71. The molecule has 7 atom stereocenters. The van der Waals surface area contributed by atoms with Gasteiger partial charge < -0.3 is 9.72 Å². The Kier molecular flexibility index (Phi) is 4.04. The van der Waals surface area contributed by atoms with Gasteiger partial charge >= 0.3 is 11.9 Å². The summed E-state index contributed by atoms with van der Waals surface area (Å²) in [5, 5.41) is 1.47. The molecule has 2 bridgehead atoms. The standard InChI is InChI=1S/C23H23NO3S3/c1-23(2,3)10-6-4-9(5-7-10)13-14-11-8-12(16-15(11)20(25)27-21(16)26)17(14)29-19-18(13)30-22(28)24-19/h4-7,11-17H,8H2,1-3H3,(H,24,28). The molecular weight excluding hydrogens is 434 g/mol. The molecule has 1 aromatic carbocycles. The second-order valence-electron chi connectivity index (χ2n) is 10.1. The molecule has 2 saturated carbocycles. The average Bonchev–Trinajstić information content (AvgIpc) is 3.40. The summed E-state index contributed by atoms with van der Waals surface area (Å²) in [7, 11) is 0. The Morgan fingerprint density at radius 2 is 1.73 bits per heavy atom. The maximum Gasteiger partial charge on any atom is 0.317 e. The molecule has 3 heterocycles. The Hall–Kier alpha value is -1.44. The number of ether oxygens (including phenoxy) is 1. The Morgan fingerprint density at radius 1 is 1.07 bits per heavy atom. The van der Waals surface area contributed by atoms with E-state index in [1.807, 2.05) is 11.8 Å². The first-order valence-corrected chi connectivity index (χ1v) is 12.6. The number of hydrogen-bond donors (Lipinski definition) is 1. The van der Waals surface area contributed by atoms with E-state index in [4.69, 9.17) is 17.0 Å². The van der Waals surface area contributed by atoms with Crippen molar-refractivity contribution in [1.82, 2.24) is 4.98 Å². The van der Waals surface area contributed by atoms with Crippen LogP contribution in [0, 0.1) is 33.5 Å². The highest BCUT2D eigenvalue weighted by molar-refractivity contribution is 8.00. The summed E-state index contributed by atoms with van der Waals surface area (Å²) in [6.45, 7) is 6.68. The predicted molar refractivity (Wildman–Crippen MR) is 119 cm³/mol. The summed E-state index contributed by atoms with van der Waals surface area (Å²) < 4.78 is 5.88. The van der Waals surface area contributed by atoms with Crippen LogP contribution < -0.4 is 0 Å². The number of hydrogen-bond acceptors (Lipinski definition) is 6. The third-order valence-electron chi connectivity index (χ3n) is 7.59. The second-order valence-corrected chi connectivity index (χ2v) is 13.0. The first kappa shape index (κ1) is 19.3. The van der Waals surface area contributed by atoms with Gasteiger partial charge in [0.2, 0.25) is 0 Å². The second kappa shape index (κ2) is 6.30. The highest BCUT2D eigenvalue weighted by Crippen LogP contribution is 2.68. The minimum absolute atomic E-state index is 0.104. The molecule has 3 fully saturated rings. The maximum absolute atomic E-state index is 12.5. The van der Waals surface area contributed by atoms with Crippen LogP contribution in [0.2, 0.25) is 0 Å². The number of nitrogens with one attached hydrogen (secondary N) is 1. The number of carbonyl (C=O) groups is 2. The number of carbonyl (C=O) groups excluding carboxylic acids is 2. The quantitative estimate of drug-likeness (QED) is 0.358. The number of aromatic amines is 1. The van der Waals surface area contributed by atoms with E-state index < -0.39 is 0 Å². The van der Waals surface area contributed by atoms with Crippen LogP contribution in [0.25, 0.3) is 0 Å². The van der Waals surface area contributed by atoms with Crippen molar-refractivity contribution < 1.29 is 14.3 Å². The summed E-state index contributed by atoms with van der Waals surface area (Å²) in [5.74, 6) is -0.154. The van der Waals surface area contributed by atoms with E-state index in [0.29, 0.717) is 11.2 Å². The molecule has 0 amide bonds. The third-order valence-corrected chi connectivity index (χ3v) is 10.5. The van der Waals surface area contributed by atoms with Crippen LogP contribution in [-0.2, 0) is 19.7 Å². The lowest BCUT2D eigenvalue weighted by atomic mass is 9.68. The topological polar surface area (TPSA) is 59.2 Å². The van der Waals surface area contributed by atoms with Gasteiger partial charge in [-0.25, -0.2) is 0 Å². The maximum atomic E-state index is 12.5. The molecule has 2 aromatic rings. The number of aromatic nitrogens is 1. The monoisotopic (exact) mass is 457 g/mol. The number of rotatable bonds is 1. The van der Waals surface area contributed by atoms with Gasteiger partial charge in [0.05, 0.1) is 16.9 Å². The van der Waals surface area contributed by atoms with Gasteiger partial charge in [-0.05, 0) is 52.9 Å². The van der Waals surface area contributed by atoms with E-state index in [1.165, 1.54) is 16.0 Å². The SMILES string of the molecule is CC(C)(C)c1ccc(C2c3sc(=S)[nH]c3SC3C4CC(C5C(=O)OC(=O)C45)C23)cc1. The molecule has 0 radical (unpaired) electrons. The fourth-order valence-electron chi connectivity index (χ4n) is 6.38. The number of benzene rings is 1. The number of thiazole rings is 1. The van der Waals surface area contributed by atoms with Crippen molar-refractivity contribution in [3.05, 3.63) is 44.2 Å². The number of fused-ring (bicyclic) bond motifs is 9. The van der Waals surface area contributed by atoms with Crippen molar-refractivity contribution in [2.45, 2.75) is 48.8 Å². The Morgan fingerprint density at radius 3 is 2.40 bits per heavy atom. The molecule has 7 heteroatoms. The summed E-state index contributed by atoms with van der Waals surface area (Å²) in [5.41, 5.74) is 2.70. The molecule has 1 N–H and O–H groups in total. The Bertz CT molecular complexity index is 1130. The van der Waals surface area contributed by atoms with E-state index >= 15 is 0 Å². The van der Waals surface area contributed by atoms with Gasteiger partial charge in [-0.1, -0.05) is 45.0 Å². The van der Waals surface area contributed by atoms with Crippen molar-refractivity contribution in [2.24, 2.45) is 29.6 Å². The molecule has 6 rings (SSSR count). The van der Waals surface area contributed by atoms with E-state index in [1.54, 1.807) is 11.3 Å². The van der Waals surface area contributed by atoms with Crippen LogP contribution in [0.15, 0.2) is 29.3 Å². The fraction of sp³-hybridized carbons (Fsp3) is 0.522. The summed E-state index contributed by atoms with van der Waals surface area (Å²) in [6.07, 6.45) is 0.949. The summed E-state index contributed by atoms with van der Waals surface area (Å²) in [4.78, 5) is 29.6. The van der Waals surface area contributed by atoms with Gasteiger partial charge in [0, 0.05) is 16.0 Å². The normalized spacial score (nSPS) is 36.4. The van der Waals surface area contributed by atoms with Gasteiger partial charge in [0.15, 0.2) is 3.95 Å². The molecule has 1 saturated heterocycles. The van der Waals surface area contributed by atoms with Gasteiger partial charge in [-0.3, -0.25) is 9.59 Å². The predicted octanol–water partition coefficient (Wildman–Crippen LogP) is 5.29. The minimum Gasteiger partial charge on any atom is -0.393 e. The summed E-state index contributed by atoms with van der Waals surface area (Å²) >= 11 is 9.00. The van der Waals surface area contributed by atoms with E-state index in [9.17, 15) is 9.59 Å². The molecule has 156 valence electrons. The number of esters is 2. The first-order valence-electron chi connectivity index (χ1n) is 10.5. The van der Waals surface area contributed by atoms with Crippen LogP contribution in [-0.4, -0.2) is 22.2 Å². The lowest BCUT2D eigenvalue weighted by molar-refractivity contribution is -0.154. The molecule has 2 aliphatic heterocycles. The van der Waals surface area contributed by atoms with E-state index in [2.05, 4.69) is 50.0 Å². The zero-order valence-electron chi connectivity index (χ0n) is 17.0.